The molecule has 0 bridgehead atoms. The molecule has 1 N–H and O–H groups in total. The fourth-order valence-corrected chi connectivity index (χ4v) is 4.67. The zero-order valence-electron chi connectivity index (χ0n) is 17.3. The van der Waals surface area contributed by atoms with Gasteiger partial charge in [-0.15, -0.1) is 0 Å². The van der Waals surface area contributed by atoms with Gasteiger partial charge in [-0.1, -0.05) is 83.9 Å². The number of carbonyl (C=O) groups excluding carboxylic acids is 1. The second-order valence-corrected chi connectivity index (χ2v) is 8.89. The molecule has 1 aliphatic rings. The van der Waals surface area contributed by atoms with E-state index in [0.717, 1.165) is 32.5 Å². The molecule has 1 aliphatic heterocycles. The van der Waals surface area contributed by atoms with Crippen molar-refractivity contribution in [1.82, 2.24) is 10.2 Å². The third-order valence-electron chi connectivity index (χ3n) is 5.92. The van der Waals surface area contributed by atoms with E-state index in [0.29, 0.717) is 21.5 Å². The van der Waals surface area contributed by atoms with Crippen LogP contribution < -0.4 is 5.32 Å². The van der Waals surface area contributed by atoms with Crippen molar-refractivity contribution >= 4 is 29.1 Å². The van der Waals surface area contributed by atoms with Crippen LogP contribution in [0.5, 0.6) is 0 Å². The average molecular weight is 453 g/mol. The minimum atomic E-state index is -0.161. The topological polar surface area (TPSA) is 32.3 Å². The smallest absolute Gasteiger partial charge is 0.253 e. The standard InChI is InChI=1S/C26H26Cl2N2O/c27-21-11-12-25(28)24(17-21)26(31)29-22-13-15-30(18-22)16-14-23(19-7-3-1-4-8-19)20-9-5-2-6-10-20/h1-12,17,22-23H,13-16,18H2,(H,29,31). The highest BCUT2D eigenvalue weighted by Gasteiger charge is 2.26. The van der Waals surface area contributed by atoms with Crippen LogP contribution in [-0.2, 0) is 0 Å². The first-order valence-corrected chi connectivity index (χ1v) is 11.4. The largest absolute Gasteiger partial charge is 0.348 e. The molecule has 4 rings (SSSR count). The SMILES string of the molecule is O=C(NC1CCN(CCC(c2ccccc2)c2ccccc2)C1)c1cc(Cl)ccc1Cl. The fourth-order valence-electron chi connectivity index (χ4n) is 4.30. The second-order valence-electron chi connectivity index (χ2n) is 8.05. The predicted octanol–water partition coefficient (Wildman–Crippen LogP) is 6.02. The predicted molar refractivity (Wildman–Crippen MR) is 128 cm³/mol. The first-order chi connectivity index (χ1) is 15.1. The molecule has 3 nitrogen and oxygen atoms in total. The molecule has 0 aliphatic carbocycles. The number of hydrogen-bond acceptors (Lipinski definition) is 2. The molecule has 5 heteroatoms. The van der Waals surface area contributed by atoms with E-state index in [1.807, 2.05) is 0 Å². The van der Waals surface area contributed by atoms with Gasteiger partial charge in [0.05, 0.1) is 10.6 Å². The third-order valence-corrected chi connectivity index (χ3v) is 6.48. The summed E-state index contributed by atoms with van der Waals surface area (Å²) in [5, 5.41) is 4.05. The lowest BCUT2D eigenvalue weighted by Gasteiger charge is -2.22. The van der Waals surface area contributed by atoms with Crippen LogP contribution in [0.25, 0.3) is 0 Å². The average Bonchev–Trinajstić information content (AvgIpc) is 3.24. The number of carbonyl (C=O) groups is 1. The van der Waals surface area contributed by atoms with Gasteiger partial charge in [0.25, 0.3) is 5.91 Å². The summed E-state index contributed by atoms with van der Waals surface area (Å²) < 4.78 is 0. The lowest BCUT2D eigenvalue weighted by atomic mass is 9.88. The maximum absolute atomic E-state index is 12.6. The van der Waals surface area contributed by atoms with Crippen molar-refractivity contribution in [3.05, 3.63) is 106 Å². The Hall–Kier alpha value is -2.33. The van der Waals surface area contributed by atoms with Crippen LogP contribution in [0.15, 0.2) is 78.9 Å². The number of hydrogen-bond donors (Lipinski definition) is 1. The number of rotatable bonds is 7. The Labute approximate surface area is 194 Å². The Bertz CT molecular complexity index is 971. The van der Waals surface area contributed by atoms with Gasteiger partial charge in [-0.2, -0.15) is 0 Å². The molecular weight excluding hydrogens is 427 g/mol. The molecule has 0 spiro atoms. The van der Waals surface area contributed by atoms with E-state index in [1.54, 1.807) is 18.2 Å². The fraction of sp³-hybridized carbons (Fsp3) is 0.269. The van der Waals surface area contributed by atoms with E-state index < -0.39 is 0 Å². The number of benzene rings is 3. The van der Waals surface area contributed by atoms with Gasteiger partial charge in [-0.25, -0.2) is 0 Å². The molecule has 1 fully saturated rings. The Kier molecular flexibility index (Phi) is 7.29. The van der Waals surface area contributed by atoms with Crippen LogP contribution in [0.1, 0.15) is 40.2 Å². The molecule has 1 heterocycles. The summed E-state index contributed by atoms with van der Waals surface area (Å²) in [5.41, 5.74) is 3.11. The summed E-state index contributed by atoms with van der Waals surface area (Å²) in [5.74, 6) is 0.201. The van der Waals surface area contributed by atoms with Crippen LogP contribution >= 0.6 is 23.2 Å². The monoisotopic (exact) mass is 452 g/mol. The van der Waals surface area contributed by atoms with Gasteiger partial charge in [-0.3, -0.25) is 4.79 Å². The highest BCUT2D eigenvalue weighted by Crippen LogP contribution is 2.29. The molecule has 3 aromatic rings. The molecule has 0 saturated carbocycles. The molecule has 0 radical (unpaired) electrons. The molecule has 1 atom stereocenters. The minimum absolute atomic E-state index is 0.120. The van der Waals surface area contributed by atoms with Gasteiger partial charge >= 0.3 is 0 Å². The molecule has 1 unspecified atom stereocenters. The van der Waals surface area contributed by atoms with Crippen molar-refractivity contribution in [3.63, 3.8) is 0 Å². The third kappa shape index (κ3) is 5.68. The van der Waals surface area contributed by atoms with Gasteiger partial charge in [-0.05, 0) is 48.7 Å². The number of amides is 1. The lowest BCUT2D eigenvalue weighted by molar-refractivity contribution is 0.0938. The first kappa shape index (κ1) is 21.9. The summed E-state index contributed by atoms with van der Waals surface area (Å²) in [6.07, 6.45) is 1.97. The number of likely N-dealkylation sites (tertiary alicyclic amines) is 1. The first-order valence-electron chi connectivity index (χ1n) is 10.7. The van der Waals surface area contributed by atoms with Gasteiger partial charge in [0, 0.05) is 30.1 Å². The lowest BCUT2D eigenvalue weighted by Crippen LogP contribution is -2.37. The van der Waals surface area contributed by atoms with E-state index >= 15 is 0 Å². The molecule has 160 valence electrons. The number of nitrogens with zero attached hydrogens (tertiary/aromatic N) is 1. The summed E-state index contributed by atoms with van der Waals surface area (Å²) in [6.45, 7) is 2.81. The van der Waals surface area contributed by atoms with E-state index in [2.05, 4.69) is 70.9 Å². The quantitative estimate of drug-likeness (QED) is 0.475. The van der Waals surface area contributed by atoms with Crippen LogP contribution in [0.2, 0.25) is 10.0 Å². The van der Waals surface area contributed by atoms with E-state index in [4.69, 9.17) is 23.2 Å². The Morgan fingerprint density at radius 3 is 2.26 bits per heavy atom. The van der Waals surface area contributed by atoms with E-state index in [9.17, 15) is 4.79 Å². The van der Waals surface area contributed by atoms with Crippen molar-refractivity contribution in [3.8, 4) is 0 Å². The van der Waals surface area contributed by atoms with Crippen molar-refractivity contribution in [2.24, 2.45) is 0 Å². The zero-order valence-corrected chi connectivity index (χ0v) is 18.8. The molecule has 1 amide bonds. The Morgan fingerprint density at radius 1 is 0.968 bits per heavy atom. The van der Waals surface area contributed by atoms with Gasteiger partial charge in [0.1, 0.15) is 0 Å². The minimum Gasteiger partial charge on any atom is -0.348 e. The maximum Gasteiger partial charge on any atom is 0.253 e. The van der Waals surface area contributed by atoms with Gasteiger partial charge < -0.3 is 10.2 Å². The second kappa shape index (κ2) is 10.3. The molecular formula is C26H26Cl2N2O. The summed E-state index contributed by atoms with van der Waals surface area (Å²) in [7, 11) is 0. The normalized spacial score (nSPS) is 16.5. The van der Waals surface area contributed by atoms with Crippen LogP contribution in [0, 0.1) is 0 Å². The summed E-state index contributed by atoms with van der Waals surface area (Å²) in [6, 6.07) is 26.5. The van der Waals surface area contributed by atoms with Crippen LogP contribution in [0.3, 0.4) is 0 Å². The number of halogens is 2. The highest BCUT2D eigenvalue weighted by molar-refractivity contribution is 6.35. The van der Waals surface area contributed by atoms with Gasteiger partial charge in [0.2, 0.25) is 0 Å². The molecule has 31 heavy (non-hydrogen) atoms. The zero-order chi connectivity index (χ0) is 21.6. The molecule has 1 saturated heterocycles. The Morgan fingerprint density at radius 2 is 1.61 bits per heavy atom. The summed E-state index contributed by atoms with van der Waals surface area (Å²) in [4.78, 5) is 15.1. The van der Waals surface area contributed by atoms with Crippen LogP contribution in [0.4, 0.5) is 0 Å². The molecule has 0 aromatic heterocycles. The van der Waals surface area contributed by atoms with Gasteiger partial charge in [0.15, 0.2) is 0 Å². The van der Waals surface area contributed by atoms with Crippen molar-refractivity contribution in [2.75, 3.05) is 19.6 Å². The molecule has 3 aromatic carbocycles. The Balaban J connectivity index is 1.36. The van der Waals surface area contributed by atoms with Crippen molar-refractivity contribution < 1.29 is 4.79 Å². The number of nitrogens with one attached hydrogen (secondary N) is 1. The van der Waals surface area contributed by atoms with Crippen LogP contribution in [-0.4, -0.2) is 36.5 Å². The highest BCUT2D eigenvalue weighted by atomic mass is 35.5. The maximum atomic E-state index is 12.6. The van der Waals surface area contributed by atoms with E-state index in [1.165, 1.54) is 11.1 Å². The summed E-state index contributed by atoms with van der Waals surface area (Å²) >= 11 is 12.2. The van der Waals surface area contributed by atoms with Crippen molar-refractivity contribution in [1.29, 1.82) is 0 Å². The van der Waals surface area contributed by atoms with Crippen molar-refractivity contribution in [2.45, 2.75) is 24.8 Å². The van der Waals surface area contributed by atoms with E-state index in [-0.39, 0.29) is 11.9 Å².